The van der Waals surface area contributed by atoms with Gasteiger partial charge in [0.25, 0.3) is 5.91 Å². The van der Waals surface area contributed by atoms with Gasteiger partial charge >= 0.3 is 0 Å². The third kappa shape index (κ3) is 2.90. The van der Waals surface area contributed by atoms with Gasteiger partial charge < -0.3 is 14.1 Å². The monoisotopic (exact) mass is 300 g/mol. The maximum atomic E-state index is 12.7. The topological polar surface area (TPSA) is 55.6 Å². The number of oxazole rings is 1. The van der Waals surface area contributed by atoms with Crippen LogP contribution in [0, 0.1) is 6.92 Å². The Morgan fingerprint density at radius 3 is 2.45 bits per heavy atom. The lowest BCUT2D eigenvalue weighted by Gasteiger charge is -2.34. The van der Waals surface area contributed by atoms with E-state index in [4.69, 9.17) is 9.15 Å². The zero-order valence-electron chi connectivity index (χ0n) is 13.1. The molecule has 0 radical (unpaired) electrons. The Balaban J connectivity index is 1.86. The second kappa shape index (κ2) is 5.93. The molecule has 2 aromatic rings. The number of carbonyl (C=O) groups is 1. The Kier molecular flexibility index (Phi) is 3.98. The van der Waals surface area contributed by atoms with Gasteiger partial charge in [0.1, 0.15) is 5.76 Å². The normalized spacial score (nSPS) is 21.9. The van der Waals surface area contributed by atoms with Crippen LogP contribution in [0.4, 0.5) is 0 Å². The highest BCUT2D eigenvalue weighted by Gasteiger charge is 2.29. The van der Waals surface area contributed by atoms with Gasteiger partial charge in [-0.2, -0.15) is 0 Å². The molecule has 0 bridgehead atoms. The molecule has 3 rings (SSSR count). The van der Waals surface area contributed by atoms with Gasteiger partial charge in [-0.05, 0) is 32.9 Å². The van der Waals surface area contributed by atoms with Gasteiger partial charge in [-0.3, -0.25) is 4.79 Å². The van der Waals surface area contributed by atoms with Crippen molar-refractivity contribution in [2.75, 3.05) is 13.1 Å². The number of ether oxygens (including phenoxy) is 1. The largest absolute Gasteiger partial charge is 0.441 e. The zero-order chi connectivity index (χ0) is 15.7. The maximum Gasteiger partial charge on any atom is 0.276 e. The SMILES string of the molecule is Cc1oc(-c2ccccc2)nc1C(=O)N1C[C@@H](C)O[C@@H](C)C1. The molecule has 1 saturated heterocycles. The summed E-state index contributed by atoms with van der Waals surface area (Å²) in [6.45, 7) is 6.88. The van der Waals surface area contributed by atoms with Crippen LogP contribution in [0.25, 0.3) is 11.5 Å². The Morgan fingerprint density at radius 2 is 1.82 bits per heavy atom. The van der Waals surface area contributed by atoms with Crippen LogP contribution in [-0.4, -0.2) is 41.1 Å². The summed E-state index contributed by atoms with van der Waals surface area (Å²) in [6, 6.07) is 9.60. The Hall–Kier alpha value is -2.14. The van der Waals surface area contributed by atoms with E-state index >= 15 is 0 Å². The molecule has 2 atom stereocenters. The van der Waals surface area contributed by atoms with E-state index < -0.39 is 0 Å². The highest BCUT2D eigenvalue weighted by atomic mass is 16.5. The van der Waals surface area contributed by atoms with Crippen molar-refractivity contribution in [1.29, 1.82) is 0 Å². The van der Waals surface area contributed by atoms with Crippen molar-refractivity contribution in [2.45, 2.75) is 33.0 Å². The van der Waals surface area contributed by atoms with Crippen LogP contribution in [0.1, 0.15) is 30.1 Å². The van der Waals surface area contributed by atoms with E-state index in [9.17, 15) is 4.79 Å². The number of morpholine rings is 1. The van der Waals surface area contributed by atoms with Gasteiger partial charge in [0.05, 0.1) is 12.2 Å². The number of aromatic nitrogens is 1. The quantitative estimate of drug-likeness (QED) is 0.855. The first-order valence-electron chi connectivity index (χ1n) is 7.52. The van der Waals surface area contributed by atoms with Crippen molar-refractivity contribution in [3.8, 4) is 11.5 Å². The number of carbonyl (C=O) groups excluding carboxylic acids is 1. The number of amides is 1. The predicted molar refractivity (Wildman–Crippen MR) is 82.6 cm³/mol. The summed E-state index contributed by atoms with van der Waals surface area (Å²) in [5.74, 6) is 0.942. The minimum absolute atomic E-state index is 0.0356. The van der Waals surface area contributed by atoms with Crippen LogP contribution >= 0.6 is 0 Å². The molecule has 1 aliphatic heterocycles. The van der Waals surface area contributed by atoms with E-state index in [0.29, 0.717) is 30.4 Å². The first-order valence-corrected chi connectivity index (χ1v) is 7.52. The molecule has 1 fully saturated rings. The summed E-state index contributed by atoms with van der Waals surface area (Å²) in [5.41, 5.74) is 1.26. The van der Waals surface area contributed by atoms with Crippen molar-refractivity contribution >= 4 is 5.91 Å². The molecule has 1 amide bonds. The Morgan fingerprint density at radius 1 is 1.18 bits per heavy atom. The lowest BCUT2D eigenvalue weighted by molar-refractivity contribution is -0.0587. The van der Waals surface area contributed by atoms with Crippen LogP contribution in [0.2, 0.25) is 0 Å². The van der Waals surface area contributed by atoms with Gasteiger partial charge in [0, 0.05) is 18.7 Å². The summed E-state index contributed by atoms with van der Waals surface area (Å²) in [6.07, 6.45) is 0.0713. The van der Waals surface area contributed by atoms with Crippen molar-refractivity contribution in [2.24, 2.45) is 0 Å². The van der Waals surface area contributed by atoms with Crippen molar-refractivity contribution in [1.82, 2.24) is 9.88 Å². The van der Waals surface area contributed by atoms with E-state index in [1.807, 2.05) is 44.2 Å². The average molecular weight is 300 g/mol. The van der Waals surface area contributed by atoms with E-state index in [0.717, 1.165) is 5.56 Å². The summed E-state index contributed by atoms with van der Waals surface area (Å²) in [4.78, 5) is 18.9. The molecule has 5 nitrogen and oxygen atoms in total. The predicted octanol–water partition coefficient (Wildman–Crippen LogP) is 2.90. The molecule has 0 saturated carbocycles. The van der Waals surface area contributed by atoms with Gasteiger partial charge in [-0.25, -0.2) is 4.98 Å². The Bertz CT molecular complexity index is 656. The highest BCUT2D eigenvalue weighted by molar-refractivity contribution is 5.93. The number of rotatable bonds is 2. The molecule has 1 aliphatic rings. The summed E-state index contributed by atoms with van der Waals surface area (Å²) in [5, 5.41) is 0. The zero-order valence-corrected chi connectivity index (χ0v) is 13.1. The van der Waals surface area contributed by atoms with Crippen LogP contribution in [0.3, 0.4) is 0 Å². The minimum Gasteiger partial charge on any atom is -0.441 e. The third-order valence-electron chi connectivity index (χ3n) is 3.73. The van der Waals surface area contributed by atoms with Crippen molar-refractivity contribution < 1.29 is 13.9 Å². The second-order valence-corrected chi connectivity index (χ2v) is 5.76. The molecule has 5 heteroatoms. The molecule has 1 aromatic heterocycles. The van der Waals surface area contributed by atoms with E-state index in [1.54, 1.807) is 11.8 Å². The van der Waals surface area contributed by atoms with E-state index in [1.165, 1.54) is 0 Å². The Labute approximate surface area is 129 Å². The number of nitrogens with zero attached hydrogens (tertiary/aromatic N) is 2. The number of aryl methyl sites for hydroxylation is 1. The molecule has 116 valence electrons. The molecule has 0 N–H and O–H groups in total. The van der Waals surface area contributed by atoms with Crippen LogP contribution in [-0.2, 0) is 4.74 Å². The van der Waals surface area contributed by atoms with Crippen molar-refractivity contribution in [3.63, 3.8) is 0 Å². The third-order valence-corrected chi connectivity index (χ3v) is 3.73. The summed E-state index contributed by atoms with van der Waals surface area (Å²) < 4.78 is 11.3. The van der Waals surface area contributed by atoms with Gasteiger partial charge in [0.15, 0.2) is 5.69 Å². The first kappa shape index (κ1) is 14.8. The first-order chi connectivity index (χ1) is 10.5. The molecule has 0 spiro atoms. The van der Waals surface area contributed by atoms with Crippen molar-refractivity contribution in [3.05, 3.63) is 41.8 Å². The smallest absolute Gasteiger partial charge is 0.276 e. The lowest BCUT2D eigenvalue weighted by atomic mass is 10.2. The molecule has 2 heterocycles. The summed E-state index contributed by atoms with van der Waals surface area (Å²) in [7, 11) is 0. The van der Waals surface area contributed by atoms with Crippen LogP contribution < -0.4 is 0 Å². The van der Waals surface area contributed by atoms with Crippen LogP contribution in [0.5, 0.6) is 0 Å². The highest BCUT2D eigenvalue weighted by Crippen LogP contribution is 2.23. The number of hydrogen-bond acceptors (Lipinski definition) is 4. The number of benzene rings is 1. The van der Waals surface area contributed by atoms with E-state index in [-0.39, 0.29) is 18.1 Å². The average Bonchev–Trinajstić information content (AvgIpc) is 2.88. The van der Waals surface area contributed by atoms with Gasteiger partial charge in [-0.1, -0.05) is 18.2 Å². The lowest BCUT2D eigenvalue weighted by Crippen LogP contribution is -2.48. The fourth-order valence-corrected chi connectivity index (χ4v) is 2.79. The number of hydrogen-bond donors (Lipinski definition) is 0. The molecular formula is C17H20N2O3. The standard InChI is InChI=1S/C17H20N2O3/c1-11-9-19(10-12(2)21-11)17(20)15-13(3)22-16(18-15)14-7-5-4-6-8-14/h4-8,11-12H,9-10H2,1-3H3/t11-,12+. The van der Waals surface area contributed by atoms with E-state index in [2.05, 4.69) is 4.98 Å². The maximum absolute atomic E-state index is 12.7. The second-order valence-electron chi connectivity index (χ2n) is 5.76. The van der Waals surface area contributed by atoms with Gasteiger partial charge in [0.2, 0.25) is 5.89 Å². The minimum atomic E-state index is -0.0922. The fourth-order valence-electron chi connectivity index (χ4n) is 2.79. The molecule has 1 aromatic carbocycles. The molecule has 0 unspecified atom stereocenters. The molecule has 0 aliphatic carbocycles. The van der Waals surface area contributed by atoms with Crippen LogP contribution in [0.15, 0.2) is 34.7 Å². The summed E-state index contributed by atoms with van der Waals surface area (Å²) >= 11 is 0. The van der Waals surface area contributed by atoms with Gasteiger partial charge in [-0.15, -0.1) is 0 Å². The fraction of sp³-hybridized carbons (Fsp3) is 0.412. The molecular weight excluding hydrogens is 280 g/mol. The molecule has 22 heavy (non-hydrogen) atoms.